The highest BCUT2D eigenvalue weighted by molar-refractivity contribution is 5.95. The minimum absolute atomic E-state index is 0.104. The zero-order chi connectivity index (χ0) is 17.2. The number of nitrogens with zero attached hydrogens (tertiary/aromatic N) is 3. The molecule has 0 radical (unpaired) electrons. The lowest BCUT2D eigenvalue weighted by molar-refractivity contribution is 0.0178. The summed E-state index contributed by atoms with van der Waals surface area (Å²) >= 11 is 0. The van der Waals surface area contributed by atoms with Crippen LogP contribution in [0.4, 0.5) is 0 Å². The molecule has 6 heteroatoms. The Kier molecular flexibility index (Phi) is 5.25. The van der Waals surface area contributed by atoms with Crippen molar-refractivity contribution in [3.63, 3.8) is 0 Å². The Morgan fingerprint density at radius 1 is 1.25 bits per heavy atom. The van der Waals surface area contributed by atoms with Crippen LogP contribution in [0.25, 0.3) is 0 Å². The summed E-state index contributed by atoms with van der Waals surface area (Å²) in [5.41, 5.74) is 1.11. The lowest BCUT2D eigenvalue weighted by Gasteiger charge is -2.37. The molecule has 1 saturated heterocycles. The van der Waals surface area contributed by atoms with Gasteiger partial charge in [0, 0.05) is 38.6 Å². The van der Waals surface area contributed by atoms with Gasteiger partial charge in [0.1, 0.15) is 0 Å². The first-order chi connectivity index (χ1) is 11.4. The molecular weight excluding hydrogens is 304 g/mol. The Hall–Kier alpha value is -1.40. The van der Waals surface area contributed by atoms with Gasteiger partial charge in [-0.3, -0.25) is 14.8 Å². The third-order valence-corrected chi connectivity index (χ3v) is 5.18. The van der Waals surface area contributed by atoms with E-state index in [4.69, 9.17) is 0 Å². The summed E-state index contributed by atoms with van der Waals surface area (Å²) in [5, 5.41) is 17.2. The Morgan fingerprint density at radius 3 is 2.54 bits per heavy atom. The molecule has 24 heavy (non-hydrogen) atoms. The molecule has 0 unspecified atom stereocenters. The van der Waals surface area contributed by atoms with E-state index in [1.54, 1.807) is 6.20 Å². The van der Waals surface area contributed by atoms with Crippen LogP contribution in [0.2, 0.25) is 0 Å². The van der Waals surface area contributed by atoms with E-state index in [1.165, 1.54) is 19.3 Å². The van der Waals surface area contributed by atoms with Gasteiger partial charge in [-0.1, -0.05) is 19.3 Å². The molecule has 1 aliphatic carbocycles. The first kappa shape index (κ1) is 17.4. The van der Waals surface area contributed by atoms with E-state index in [0.717, 1.165) is 37.2 Å². The van der Waals surface area contributed by atoms with Gasteiger partial charge >= 0.3 is 0 Å². The second-order valence-electron chi connectivity index (χ2n) is 7.91. The molecule has 2 aliphatic rings. The molecule has 0 bridgehead atoms. The van der Waals surface area contributed by atoms with Gasteiger partial charge in [-0.25, -0.2) is 0 Å². The van der Waals surface area contributed by atoms with Crippen molar-refractivity contribution in [2.75, 3.05) is 32.7 Å². The van der Waals surface area contributed by atoms with Crippen LogP contribution >= 0.6 is 0 Å². The molecule has 0 aromatic carbocycles. The zero-order valence-corrected chi connectivity index (χ0v) is 14.9. The third-order valence-electron chi connectivity index (χ3n) is 5.18. The quantitative estimate of drug-likeness (QED) is 0.883. The summed E-state index contributed by atoms with van der Waals surface area (Å²) in [5.74, 6) is 0.559. The van der Waals surface area contributed by atoms with Crippen LogP contribution < -0.4 is 0 Å². The zero-order valence-electron chi connectivity index (χ0n) is 14.9. The predicted molar refractivity (Wildman–Crippen MR) is 93.1 cm³/mol. The average molecular weight is 334 g/mol. The van der Waals surface area contributed by atoms with Gasteiger partial charge in [0.2, 0.25) is 0 Å². The van der Waals surface area contributed by atoms with Crippen LogP contribution in [0.5, 0.6) is 0 Å². The monoisotopic (exact) mass is 334 g/mol. The van der Waals surface area contributed by atoms with Crippen molar-refractivity contribution >= 4 is 5.91 Å². The summed E-state index contributed by atoms with van der Waals surface area (Å²) in [4.78, 5) is 17.1. The maximum absolute atomic E-state index is 12.9. The van der Waals surface area contributed by atoms with E-state index in [-0.39, 0.29) is 5.91 Å². The fourth-order valence-corrected chi connectivity index (χ4v) is 4.00. The van der Waals surface area contributed by atoms with E-state index < -0.39 is 5.60 Å². The molecule has 0 atom stereocenters. The van der Waals surface area contributed by atoms with Crippen LogP contribution in [-0.2, 0) is 0 Å². The first-order valence-electron chi connectivity index (χ1n) is 9.21. The first-order valence-corrected chi connectivity index (χ1v) is 9.21. The summed E-state index contributed by atoms with van der Waals surface area (Å²) in [6.07, 6.45) is 7.80. The smallest absolute Gasteiger partial charge is 0.257 e. The molecule has 6 nitrogen and oxygen atoms in total. The second kappa shape index (κ2) is 7.23. The molecule has 1 amide bonds. The molecule has 3 rings (SSSR count). The number of hydrogen-bond acceptors (Lipinski definition) is 4. The van der Waals surface area contributed by atoms with Gasteiger partial charge in [0.15, 0.2) is 0 Å². The van der Waals surface area contributed by atoms with Gasteiger partial charge < -0.3 is 10.0 Å². The molecule has 2 heterocycles. The number of piperazine rings is 1. The molecule has 1 aromatic rings. The number of nitrogens with one attached hydrogen (secondary N) is 1. The van der Waals surface area contributed by atoms with Crippen LogP contribution in [0, 0.1) is 0 Å². The Labute approximate surface area is 144 Å². The number of aliphatic hydroxyl groups is 1. The minimum atomic E-state index is -0.690. The number of rotatable bonds is 4. The van der Waals surface area contributed by atoms with Gasteiger partial charge in [-0.15, -0.1) is 0 Å². The highest BCUT2D eigenvalue weighted by atomic mass is 16.3. The van der Waals surface area contributed by atoms with Crippen LogP contribution in [-0.4, -0.2) is 69.3 Å². The lowest BCUT2D eigenvalue weighted by atomic mass is 9.85. The highest BCUT2D eigenvalue weighted by Gasteiger charge is 2.29. The Bertz CT molecular complexity index is 550. The standard InChI is InChI=1S/C18H30N4O2/c1-18(2,24)13-21-8-10-22(11-9-21)17(23)15-12-19-20-16(15)14-6-4-3-5-7-14/h12,14,24H,3-11,13H2,1-2H3,(H,19,20). The summed E-state index contributed by atoms with van der Waals surface area (Å²) in [7, 11) is 0. The number of H-pyrrole nitrogens is 1. The van der Waals surface area contributed by atoms with Crippen LogP contribution in [0.3, 0.4) is 0 Å². The number of carbonyl (C=O) groups is 1. The second-order valence-corrected chi connectivity index (χ2v) is 7.91. The van der Waals surface area contributed by atoms with Crippen molar-refractivity contribution in [2.45, 2.75) is 57.5 Å². The van der Waals surface area contributed by atoms with Gasteiger partial charge in [0.25, 0.3) is 5.91 Å². The Balaban J connectivity index is 1.61. The maximum Gasteiger partial charge on any atom is 0.257 e. The van der Waals surface area contributed by atoms with Crippen molar-refractivity contribution in [3.8, 4) is 0 Å². The molecule has 2 N–H and O–H groups in total. The molecule has 2 fully saturated rings. The predicted octanol–water partition coefficient (Wildman–Crippen LogP) is 1.99. The number of hydrogen-bond donors (Lipinski definition) is 2. The van der Waals surface area contributed by atoms with Gasteiger partial charge in [-0.05, 0) is 26.7 Å². The van der Waals surface area contributed by atoms with Crippen molar-refractivity contribution in [3.05, 3.63) is 17.5 Å². The lowest BCUT2D eigenvalue weighted by Crippen LogP contribution is -2.52. The van der Waals surface area contributed by atoms with Crippen LogP contribution in [0.15, 0.2) is 6.20 Å². The molecule has 134 valence electrons. The highest BCUT2D eigenvalue weighted by Crippen LogP contribution is 2.33. The SMILES string of the molecule is CC(C)(O)CN1CCN(C(=O)c2cn[nH]c2C2CCCCC2)CC1. The molecule has 1 aromatic heterocycles. The number of amides is 1. The van der Waals surface area contributed by atoms with Crippen LogP contribution in [0.1, 0.15) is 67.9 Å². The van der Waals surface area contributed by atoms with Gasteiger partial charge in [0.05, 0.1) is 23.1 Å². The third kappa shape index (κ3) is 4.16. The van der Waals surface area contributed by atoms with E-state index in [9.17, 15) is 9.90 Å². The van der Waals surface area contributed by atoms with E-state index in [1.807, 2.05) is 18.7 Å². The van der Waals surface area contributed by atoms with Crippen molar-refractivity contribution in [1.82, 2.24) is 20.0 Å². The molecular formula is C18H30N4O2. The van der Waals surface area contributed by atoms with E-state index in [0.29, 0.717) is 25.6 Å². The number of carbonyl (C=O) groups excluding carboxylic acids is 1. The number of aromatic amines is 1. The average Bonchev–Trinajstić information content (AvgIpc) is 3.04. The summed E-state index contributed by atoms with van der Waals surface area (Å²) < 4.78 is 0. The Morgan fingerprint density at radius 2 is 1.92 bits per heavy atom. The van der Waals surface area contributed by atoms with Gasteiger partial charge in [-0.2, -0.15) is 5.10 Å². The fourth-order valence-electron chi connectivity index (χ4n) is 4.00. The maximum atomic E-state index is 12.9. The normalized spacial score (nSPS) is 21.2. The minimum Gasteiger partial charge on any atom is -0.389 e. The van der Waals surface area contributed by atoms with E-state index in [2.05, 4.69) is 15.1 Å². The summed E-state index contributed by atoms with van der Waals surface area (Å²) in [6.45, 7) is 7.35. The fraction of sp³-hybridized carbons (Fsp3) is 0.778. The molecule has 1 saturated carbocycles. The summed E-state index contributed by atoms with van der Waals surface area (Å²) in [6, 6.07) is 0. The number of aromatic nitrogens is 2. The topological polar surface area (TPSA) is 72.5 Å². The van der Waals surface area contributed by atoms with Crippen molar-refractivity contribution in [2.24, 2.45) is 0 Å². The van der Waals surface area contributed by atoms with Crippen molar-refractivity contribution in [1.29, 1.82) is 0 Å². The molecule has 0 spiro atoms. The molecule has 1 aliphatic heterocycles. The van der Waals surface area contributed by atoms with E-state index >= 15 is 0 Å². The van der Waals surface area contributed by atoms with Crippen molar-refractivity contribution < 1.29 is 9.90 Å². The largest absolute Gasteiger partial charge is 0.389 e. The number of β-amino-alcohol motifs (C(OH)–C–C–N with tert-alkyl or cyclic N) is 1.